The number of pyridine rings is 1. The molecular weight excluding hydrogens is 475 g/mol. The first-order valence-electron chi connectivity index (χ1n) is 12.2. The summed E-state index contributed by atoms with van der Waals surface area (Å²) in [6.07, 6.45) is 10.6. The van der Waals surface area contributed by atoms with Crippen LogP contribution in [0.15, 0.2) is 61.3 Å². The van der Waals surface area contributed by atoms with Crippen LogP contribution in [0.1, 0.15) is 42.1 Å². The Kier molecular flexibility index (Phi) is 7.02. The highest BCUT2D eigenvalue weighted by Gasteiger charge is 2.30. The van der Waals surface area contributed by atoms with Crippen LogP contribution >= 0.6 is 0 Å². The van der Waals surface area contributed by atoms with Crippen molar-refractivity contribution in [2.45, 2.75) is 45.3 Å². The number of amides is 2. The molecule has 0 radical (unpaired) electrons. The number of hydrogen-bond donors (Lipinski definition) is 1. The molecule has 37 heavy (non-hydrogen) atoms. The molecule has 0 saturated carbocycles. The first kappa shape index (κ1) is 24.3. The minimum absolute atomic E-state index is 0.0624. The zero-order valence-electron chi connectivity index (χ0n) is 20.4. The van der Waals surface area contributed by atoms with E-state index in [0.29, 0.717) is 36.6 Å². The second-order valence-electron chi connectivity index (χ2n) is 9.04. The van der Waals surface area contributed by atoms with Gasteiger partial charge in [0.05, 0.1) is 54.3 Å². The standard InChI is InChI=1S/C26H27FN8O2/c1-18(36)28-13-19-5-8-25(35-30-9-10-31-35)23(12-19)26(37)34-11-3-2-4-22(34)17-33-16-20(14-32-33)24-7-6-21(27)15-29-24/h5-10,12,14-16,22H,2-4,11,13,17H2,1H3,(H,28,36)/t22-/m0/s1. The van der Waals surface area contributed by atoms with E-state index in [2.05, 4.69) is 25.6 Å². The highest BCUT2D eigenvalue weighted by Crippen LogP contribution is 2.25. The molecule has 1 aliphatic heterocycles. The van der Waals surface area contributed by atoms with Gasteiger partial charge in [-0.1, -0.05) is 6.07 Å². The maximum absolute atomic E-state index is 14.0. The number of aromatic nitrogens is 6. The molecule has 1 atom stereocenters. The van der Waals surface area contributed by atoms with Crippen LogP contribution in [0.25, 0.3) is 16.9 Å². The van der Waals surface area contributed by atoms with Gasteiger partial charge >= 0.3 is 0 Å². The first-order chi connectivity index (χ1) is 18.0. The van der Waals surface area contributed by atoms with Gasteiger partial charge in [0.25, 0.3) is 5.91 Å². The van der Waals surface area contributed by atoms with Crippen molar-refractivity contribution < 1.29 is 14.0 Å². The lowest BCUT2D eigenvalue weighted by atomic mass is 9.99. The fourth-order valence-electron chi connectivity index (χ4n) is 4.58. The third kappa shape index (κ3) is 5.55. The van der Waals surface area contributed by atoms with Gasteiger partial charge in [-0.3, -0.25) is 19.3 Å². The Bertz CT molecular complexity index is 1380. The molecule has 190 valence electrons. The fraction of sp³-hybridized carbons (Fsp3) is 0.308. The van der Waals surface area contributed by atoms with E-state index < -0.39 is 5.82 Å². The SMILES string of the molecule is CC(=O)NCc1ccc(-n2nccn2)c(C(=O)N2CCCC[C@H]2Cn2cc(-c3ccc(F)cn3)cn2)c1. The van der Waals surface area contributed by atoms with Gasteiger partial charge in [0.15, 0.2) is 0 Å². The van der Waals surface area contributed by atoms with Gasteiger partial charge < -0.3 is 10.2 Å². The predicted molar refractivity (Wildman–Crippen MR) is 133 cm³/mol. The lowest BCUT2D eigenvalue weighted by Gasteiger charge is -2.36. The summed E-state index contributed by atoms with van der Waals surface area (Å²) in [4.78, 5) is 32.8. The zero-order chi connectivity index (χ0) is 25.8. The number of nitrogens with one attached hydrogen (secondary N) is 1. The van der Waals surface area contributed by atoms with Gasteiger partial charge in [-0.05, 0) is 49.1 Å². The summed E-state index contributed by atoms with van der Waals surface area (Å²) in [7, 11) is 0. The maximum atomic E-state index is 14.0. The van der Waals surface area contributed by atoms with Crippen LogP contribution in [0.4, 0.5) is 4.39 Å². The van der Waals surface area contributed by atoms with E-state index >= 15 is 0 Å². The summed E-state index contributed by atoms with van der Waals surface area (Å²) < 4.78 is 15.1. The van der Waals surface area contributed by atoms with Gasteiger partial charge in [0, 0.05) is 31.8 Å². The molecule has 3 aromatic heterocycles. The number of carbonyl (C=O) groups is 2. The number of carbonyl (C=O) groups excluding carboxylic acids is 2. The number of nitrogens with zero attached hydrogens (tertiary/aromatic N) is 7. The molecule has 1 fully saturated rings. The van der Waals surface area contributed by atoms with Crippen molar-refractivity contribution in [2.75, 3.05) is 6.54 Å². The number of hydrogen-bond acceptors (Lipinski definition) is 6. The minimum Gasteiger partial charge on any atom is -0.352 e. The quantitative estimate of drug-likeness (QED) is 0.416. The Morgan fingerprint density at radius 1 is 1.08 bits per heavy atom. The average Bonchev–Trinajstić information content (AvgIpc) is 3.61. The number of rotatable bonds is 7. The molecule has 1 N–H and O–H groups in total. The van der Waals surface area contributed by atoms with E-state index in [-0.39, 0.29) is 17.9 Å². The fourth-order valence-corrected chi connectivity index (χ4v) is 4.58. The Balaban J connectivity index is 1.40. The summed E-state index contributed by atoms with van der Waals surface area (Å²) in [6.45, 7) is 2.92. The minimum atomic E-state index is -0.390. The van der Waals surface area contributed by atoms with E-state index in [1.807, 2.05) is 17.2 Å². The van der Waals surface area contributed by atoms with Crippen molar-refractivity contribution in [1.29, 1.82) is 0 Å². The molecule has 10 nitrogen and oxygen atoms in total. The summed E-state index contributed by atoms with van der Waals surface area (Å²) in [5, 5.41) is 15.7. The van der Waals surface area contributed by atoms with Crippen LogP contribution in [0, 0.1) is 5.82 Å². The lowest BCUT2D eigenvalue weighted by Crippen LogP contribution is -2.46. The molecule has 4 heterocycles. The highest BCUT2D eigenvalue weighted by molar-refractivity contribution is 5.98. The van der Waals surface area contributed by atoms with Crippen LogP contribution < -0.4 is 5.32 Å². The predicted octanol–water partition coefficient (Wildman–Crippen LogP) is 3.00. The molecular formula is C26H27FN8O2. The molecule has 1 saturated heterocycles. The van der Waals surface area contributed by atoms with E-state index in [4.69, 9.17) is 0 Å². The lowest BCUT2D eigenvalue weighted by molar-refractivity contribution is -0.119. The second-order valence-corrected chi connectivity index (χ2v) is 9.04. The molecule has 1 aliphatic rings. The average molecular weight is 503 g/mol. The maximum Gasteiger partial charge on any atom is 0.256 e. The Labute approximate surface area is 213 Å². The number of benzene rings is 1. The Morgan fingerprint density at radius 3 is 2.68 bits per heavy atom. The normalized spacial score (nSPS) is 15.5. The molecule has 4 aromatic rings. The molecule has 1 aromatic carbocycles. The van der Waals surface area contributed by atoms with Gasteiger partial charge in [0.1, 0.15) is 5.82 Å². The third-order valence-corrected chi connectivity index (χ3v) is 6.41. The monoisotopic (exact) mass is 502 g/mol. The second kappa shape index (κ2) is 10.7. The molecule has 5 rings (SSSR count). The van der Waals surface area contributed by atoms with E-state index in [0.717, 1.165) is 30.4 Å². The van der Waals surface area contributed by atoms with E-state index in [1.54, 1.807) is 41.5 Å². The summed E-state index contributed by atoms with van der Waals surface area (Å²) in [6, 6.07) is 8.38. The van der Waals surface area contributed by atoms with Crippen LogP contribution in [0.3, 0.4) is 0 Å². The highest BCUT2D eigenvalue weighted by atomic mass is 19.1. The van der Waals surface area contributed by atoms with Crippen molar-refractivity contribution in [2.24, 2.45) is 0 Å². The molecule has 0 aliphatic carbocycles. The Hall–Kier alpha value is -4.41. The topological polar surface area (TPSA) is 111 Å². The van der Waals surface area contributed by atoms with Crippen molar-refractivity contribution in [3.05, 3.63) is 78.3 Å². The van der Waals surface area contributed by atoms with Crippen LogP contribution in [-0.4, -0.2) is 59.1 Å². The first-order valence-corrected chi connectivity index (χ1v) is 12.2. The number of halogens is 1. The summed E-state index contributed by atoms with van der Waals surface area (Å²) in [5.74, 6) is -0.649. The molecule has 0 unspecified atom stereocenters. The molecule has 0 bridgehead atoms. The smallest absolute Gasteiger partial charge is 0.256 e. The van der Waals surface area contributed by atoms with Crippen LogP contribution in [-0.2, 0) is 17.9 Å². The summed E-state index contributed by atoms with van der Waals surface area (Å²) >= 11 is 0. The van der Waals surface area contributed by atoms with Crippen molar-refractivity contribution >= 4 is 11.8 Å². The van der Waals surface area contributed by atoms with Gasteiger partial charge in [-0.25, -0.2) is 4.39 Å². The van der Waals surface area contributed by atoms with Crippen molar-refractivity contribution in [3.8, 4) is 16.9 Å². The number of likely N-dealkylation sites (tertiary alicyclic amines) is 1. The van der Waals surface area contributed by atoms with E-state index in [9.17, 15) is 14.0 Å². The Morgan fingerprint density at radius 2 is 1.92 bits per heavy atom. The summed E-state index contributed by atoms with van der Waals surface area (Å²) in [5.41, 5.74) is 3.28. The molecule has 0 spiro atoms. The van der Waals surface area contributed by atoms with Crippen molar-refractivity contribution in [1.82, 2.24) is 40.0 Å². The number of piperidine rings is 1. The van der Waals surface area contributed by atoms with Crippen LogP contribution in [0.2, 0.25) is 0 Å². The third-order valence-electron chi connectivity index (χ3n) is 6.41. The van der Waals surface area contributed by atoms with Gasteiger partial charge in [-0.15, -0.1) is 0 Å². The largest absolute Gasteiger partial charge is 0.352 e. The van der Waals surface area contributed by atoms with Gasteiger partial charge in [0.2, 0.25) is 5.91 Å². The molecule has 2 amide bonds. The van der Waals surface area contributed by atoms with E-state index in [1.165, 1.54) is 24.0 Å². The molecule has 11 heteroatoms. The van der Waals surface area contributed by atoms with Crippen molar-refractivity contribution in [3.63, 3.8) is 0 Å². The van der Waals surface area contributed by atoms with Crippen LogP contribution in [0.5, 0.6) is 0 Å². The van der Waals surface area contributed by atoms with Gasteiger partial charge in [-0.2, -0.15) is 20.1 Å². The zero-order valence-corrected chi connectivity index (χ0v) is 20.4.